The third kappa shape index (κ3) is 127. The summed E-state index contributed by atoms with van der Waals surface area (Å²) in [6.07, 6.45) is 20.6. The lowest BCUT2D eigenvalue weighted by Crippen LogP contribution is -2.31. The highest BCUT2D eigenvalue weighted by Gasteiger charge is 2.37. The molecule has 0 aromatic carbocycles. The highest BCUT2D eigenvalue weighted by Crippen LogP contribution is 2.36. The number of hydrogen-bond donors (Lipinski definition) is 0. The van der Waals surface area contributed by atoms with Crippen LogP contribution in [0.1, 0.15) is 455 Å². The minimum Gasteiger partial charge on any atom is -0.382 e. The molecule has 4 aliphatic heterocycles. The first-order valence-corrected chi connectivity index (χ1v) is 48.5. The van der Waals surface area contributed by atoms with Gasteiger partial charge in [-0.2, -0.15) is 13.2 Å². The quantitative estimate of drug-likeness (QED) is 0.144. The van der Waals surface area contributed by atoms with Gasteiger partial charge >= 0.3 is 6.18 Å². The largest absolute Gasteiger partial charge is 0.391 e. The number of hydrogen-bond acceptors (Lipinski definition) is 5. The molecule has 7 aliphatic rings. The molecular formula is C105H228F4O5. The van der Waals surface area contributed by atoms with Crippen molar-refractivity contribution in [2.24, 2.45) is 154 Å². The molecule has 0 aromatic heterocycles. The topological polar surface area (TPSA) is 46.2 Å². The van der Waals surface area contributed by atoms with Crippen LogP contribution in [0.15, 0.2) is 0 Å². The van der Waals surface area contributed by atoms with Gasteiger partial charge in [0.25, 0.3) is 0 Å². The molecule has 9 heteroatoms. The summed E-state index contributed by atoms with van der Waals surface area (Å²) in [5, 5.41) is 0. The molecule has 4 atom stereocenters. The van der Waals surface area contributed by atoms with Gasteiger partial charge in [-0.05, 0) is 221 Å². The van der Waals surface area contributed by atoms with Crippen LogP contribution in [0.4, 0.5) is 17.6 Å². The second-order valence-electron chi connectivity index (χ2n) is 43.3. The molecular weight excluding hydrogens is 1420 g/mol. The molecule has 0 aromatic rings. The lowest BCUT2D eigenvalue weighted by atomic mass is 9.78. The normalized spacial score (nSPS) is 17.7. The molecule has 0 bridgehead atoms. The summed E-state index contributed by atoms with van der Waals surface area (Å²) in [5.74, 6) is 19.4. The van der Waals surface area contributed by atoms with Gasteiger partial charge in [0.2, 0.25) is 0 Å². The zero-order chi connectivity index (χ0) is 92.5. The van der Waals surface area contributed by atoms with Crippen molar-refractivity contribution in [3.05, 3.63) is 0 Å². The van der Waals surface area contributed by atoms with Gasteiger partial charge in [-0.3, -0.25) is 0 Å². The van der Waals surface area contributed by atoms with Crippen LogP contribution in [0.3, 0.4) is 0 Å². The van der Waals surface area contributed by atoms with E-state index in [-0.39, 0.29) is 5.92 Å². The second-order valence-corrected chi connectivity index (χ2v) is 43.3. The van der Waals surface area contributed by atoms with Gasteiger partial charge in [0.1, 0.15) is 5.67 Å². The fourth-order valence-electron chi connectivity index (χ4n) is 9.24. The third-order valence-electron chi connectivity index (χ3n) is 21.1. The van der Waals surface area contributed by atoms with Gasteiger partial charge in [-0.25, -0.2) is 4.39 Å². The Morgan fingerprint density at radius 1 is 0.298 bits per heavy atom. The minimum atomic E-state index is -4.02. The Morgan fingerprint density at radius 2 is 0.570 bits per heavy atom. The second kappa shape index (κ2) is 87.4. The van der Waals surface area contributed by atoms with Gasteiger partial charge in [0.15, 0.2) is 0 Å². The molecule has 0 spiro atoms. The van der Waals surface area contributed by atoms with E-state index >= 15 is 0 Å². The van der Waals surface area contributed by atoms with E-state index in [0.717, 1.165) is 176 Å². The maximum absolute atomic E-state index is 12.6. The van der Waals surface area contributed by atoms with E-state index < -0.39 is 17.8 Å². The third-order valence-corrected chi connectivity index (χ3v) is 21.1. The van der Waals surface area contributed by atoms with Crippen LogP contribution >= 0.6 is 0 Å². The van der Waals surface area contributed by atoms with Crippen LogP contribution in [0.5, 0.6) is 0 Å². The predicted molar refractivity (Wildman–Crippen MR) is 515 cm³/mol. The first-order valence-electron chi connectivity index (χ1n) is 48.5. The summed E-state index contributed by atoms with van der Waals surface area (Å²) >= 11 is 0. The zero-order valence-corrected chi connectivity index (χ0v) is 88.6. The van der Waals surface area contributed by atoms with Crippen molar-refractivity contribution in [1.29, 1.82) is 0 Å². The average Bonchev–Trinajstić information content (AvgIpc) is 1.16. The Labute approximate surface area is 723 Å². The van der Waals surface area contributed by atoms with Crippen LogP contribution in [-0.4, -0.2) is 76.9 Å². The van der Waals surface area contributed by atoms with Crippen molar-refractivity contribution in [3.8, 4) is 0 Å². The van der Waals surface area contributed by atoms with E-state index in [4.69, 9.17) is 23.7 Å². The maximum atomic E-state index is 12.6. The average molecular weight is 1650 g/mol. The summed E-state index contributed by atoms with van der Waals surface area (Å²) in [6, 6.07) is 0. The van der Waals surface area contributed by atoms with E-state index in [1.807, 2.05) is 27.7 Å². The number of rotatable bonds is 16. The molecule has 4 heterocycles. The summed E-state index contributed by atoms with van der Waals surface area (Å²) in [6.45, 7) is 113. The highest BCUT2D eigenvalue weighted by molar-refractivity contribution is 4.76. The fourth-order valence-corrected chi connectivity index (χ4v) is 9.24. The van der Waals surface area contributed by atoms with Crippen LogP contribution in [0.25, 0.3) is 0 Å². The summed E-state index contributed by atoms with van der Waals surface area (Å²) in [4.78, 5) is 0. The van der Waals surface area contributed by atoms with Gasteiger partial charge in [-0.15, -0.1) is 0 Å². The molecule has 5 nitrogen and oxygen atoms in total. The number of ether oxygens (including phenoxy) is 5. The smallest absolute Gasteiger partial charge is 0.382 e. The molecule has 4 saturated heterocycles. The monoisotopic (exact) mass is 1650 g/mol. The lowest BCUT2D eigenvalue weighted by Gasteiger charge is -2.29. The predicted octanol–water partition coefficient (Wildman–Crippen LogP) is 36.6. The number of alkyl halides is 4. The van der Waals surface area contributed by atoms with E-state index in [1.165, 1.54) is 110 Å². The van der Waals surface area contributed by atoms with E-state index in [2.05, 4.69) is 284 Å². The zero-order valence-electron chi connectivity index (χ0n) is 88.6. The van der Waals surface area contributed by atoms with Crippen molar-refractivity contribution in [1.82, 2.24) is 0 Å². The summed E-state index contributed by atoms with van der Waals surface area (Å²) in [7, 11) is 1.70. The molecule has 7 rings (SSSR count). The van der Waals surface area contributed by atoms with Crippen LogP contribution in [0.2, 0.25) is 0 Å². The SMILES string of the molecule is CC(C)C.CC(C)C.CC(C)C.CC(C)C.CC(C)C(C)C.CC(C)C(C)C.CC(C)C(C)C(F)(F)F.CC(C)C1CC1.CC(C)C1CCC1.CC(C)C1CCCC1.CC(C)C1CCCO1.CC(C)C1CCO1.CC(C)C1CCOCC1.CC(C)C1COC1.CC(C)CC(C)(C)F.CCC(C)C.CCC(C)C(C)C.COC(C)C. The highest BCUT2D eigenvalue weighted by atomic mass is 19.4. The van der Waals surface area contributed by atoms with Gasteiger partial charge in [0.05, 0.1) is 37.4 Å². The molecule has 0 N–H and O–H groups in total. The molecule has 0 radical (unpaired) electrons. The first-order chi connectivity index (χ1) is 51.8. The fraction of sp³-hybridized carbons (Fsp3) is 1.00. The Morgan fingerprint density at radius 3 is 0.632 bits per heavy atom. The number of methoxy groups -OCH3 is 1. The Hall–Kier alpha value is -0.480. The summed E-state index contributed by atoms with van der Waals surface area (Å²) in [5.41, 5.74) is -0.978. The van der Waals surface area contributed by atoms with Gasteiger partial charge in [-0.1, -0.05) is 376 Å². The standard InChI is InChI=1S/C8H16O.C8H16.C7H15F.C7H14O.C7H14.C7H16.C6H11F3.2C6H12O.C6H12.2C6H14.C5H12.C4H10O.4C4H10/c1-7(2)8-3-5-9-6-4-8;1-7(2)8-5-3-4-6-8;1-6(2)5-7(3,4)8;1-6(2)7-4-3-5-8-7;1-6(2)7-4-3-5-7;1-5-7(4)6(2)3;1-4(2)5(3)6(7,8)9;1-5(2)6-3-7-4-6;1-5(2)6-3-4-7-6;1-5(2)6-3-4-6;2*1-5(2)6(3)4;1-4-5(2)3;1-4(2)5-3;4*1-4(2)3/h7-8H,3-6H2,1-2H3;7-8H,3-6H2,1-2H3;6H,5H2,1-4H3;6-7H,3-5H2,1-2H3;6-7H,3-5H2,1-2H3;6-7H,5H2,1-4H3;4-5H,1-3H3;2*5-6H,3-4H2,1-2H3;5-6H,3-4H2,1-2H3;2*5-6H,1-4H3;5H,4H2,1-3H3;4H,1-3H3;4*4H,1-3H3. The van der Waals surface area contributed by atoms with Crippen molar-refractivity contribution in [2.45, 2.75) is 485 Å². The van der Waals surface area contributed by atoms with Gasteiger partial charge < -0.3 is 23.7 Å². The first kappa shape index (κ1) is 137. The maximum Gasteiger partial charge on any atom is 0.391 e. The lowest BCUT2D eigenvalue weighted by molar-refractivity contribution is -0.180. The van der Waals surface area contributed by atoms with E-state index in [1.54, 1.807) is 34.8 Å². The summed E-state index contributed by atoms with van der Waals surface area (Å²) < 4.78 is 73.3. The molecule has 7 fully saturated rings. The minimum absolute atomic E-state index is 0.315. The van der Waals surface area contributed by atoms with Crippen LogP contribution in [0, 0.1) is 154 Å². The van der Waals surface area contributed by atoms with E-state index in [0.29, 0.717) is 30.7 Å². The molecule has 114 heavy (non-hydrogen) atoms. The van der Waals surface area contributed by atoms with Gasteiger partial charge in [0, 0.05) is 39.5 Å². The molecule has 0 amide bonds. The molecule has 4 unspecified atom stereocenters. The van der Waals surface area contributed by atoms with Crippen LogP contribution in [-0.2, 0) is 23.7 Å². The van der Waals surface area contributed by atoms with Crippen LogP contribution < -0.4 is 0 Å². The number of halogens is 4. The van der Waals surface area contributed by atoms with E-state index in [9.17, 15) is 17.6 Å². The van der Waals surface area contributed by atoms with Crippen molar-refractivity contribution in [2.75, 3.05) is 46.8 Å². The van der Waals surface area contributed by atoms with Crippen molar-refractivity contribution in [3.63, 3.8) is 0 Å². The van der Waals surface area contributed by atoms with Crippen molar-refractivity contribution >= 4 is 0 Å². The Balaban J connectivity index is -0.000000110. The molecule has 706 valence electrons. The Bertz CT molecular complexity index is 1580. The molecule has 3 saturated carbocycles. The molecule has 3 aliphatic carbocycles. The Kier molecular flexibility index (Phi) is 105. The van der Waals surface area contributed by atoms with Crippen molar-refractivity contribution < 1.29 is 41.2 Å².